The van der Waals surface area contributed by atoms with Crippen LogP contribution in [0, 0.1) is 6.92 Å². The highest BCUT2D eigenvalue weighted by molar-refractivity contribution is 7.05. The van der Waals surface area contributed by atoms with Gasteiger partial charge in [-0.15, -0.1) is 5.10 Å². The second-order valence-electron chi connectivity index (χ2n) is 4.47. The monoisotopic (exact) mass is 261 g/mol. The first-order chi connectivity index (χ1) is 8.76. The zero-order valence-corrected chi connectivity index (χ0v) is 11.9. The van der Waals surface area contributed by atoms with E-state index in [4.69, 9.17) is 0 Å². The summed E-state index contributed by atoms with van der Waals surface area (Å²) >= 11 is 1.50. The van der Waals surface area contributed by atoms with Crippen molar-refractivity contribution < 1.29 is 0 Å². The molecule has 0 aliphatic heterocycles. The smallest absolute Gasteiger partial charge is 0.0807 e. The van der Waals surface area contributed by atoms with Crippen LogP contribution in [0.15, 0.2) is 24.3 Å². The maximum absolute atomic E-state index is 4.25. The molecule has 2 rings (SSSR count). The highest BCUT2D eigenvalue weighted by Crippen LogP contribution is 2.27. The summed E-state index contributed by atoms with van der Waals surface area (Å²) in [6, 6.07) is 8.84. The molecule has 0 aliphatic rings. The Morgan fingerprint density at radius 2 is 2.00 bits per heavy atom. The lowest BCUT2D eigenvalue weighted by Crippen LogP contribution is -2.18. The Hall–Kier alpha value is -1.26. The van der Waals surface area contributed by atoms with E-state index in [1.165, 1.54) is 27.5 Å². The van der Waals surface area contributed by atoms with Gasteiger partial charge in [-0.3, -0.25) is 0 Å². The molecule has 1 aromatic carbocycles. The van der Waals surface area contributed by atoms with Crippen molar-refractivity contribution in [2.75, 3.05) is 7.05 Å². The van der Waals surface area contributed by atoms with Gasteiger partial charge in [-0.25, -0.2) is 0 Å². The second-order valence-corrected chi connectivity index (χ2v) is 5.25. The van der Waals surface area contributed by atoms with Gasteiger partial charge in [-0.2, -0.15) is 0 Å². The van der Waals surface area contributed by atoms with Crippen LogP contribution >= 0.6 is 11.5 Å². The van der Waals surface area contributed by atoms with Crippen LogP contribution in [-0.4, -0.2) is 16.6 Å². The Kier molecular flexibility index (Phi) is 4.44. The maximum atomic E-state index is 4.25. The molecule has 3 nitrogen and oxygen atoms in total. The molecule has 1 unspecified atom stereocenters. The van der Waals surface area contributed by atoms with E-state index in [1.807, 2.05) is 7.05 Å². The van der Waals surface area contributed by atoms with Crippen molar-refractivity contribution in [1.82, 2.24) is 14.9 Å². The van der Waals surface area contributed by atoms with Crippen LogP contribution in [0.5, 0.6) is 0 Å². The fraction of sp³-hybridized carbons (Fsp3) is 0.429. The molecule has 0 aliphatic carbocycles. The number of rotatable bonds is 5. The molecule has 96 valence electrons. The van der Waals surface area contributed by atoms with Gasteiger partial charge < -0.3 is 5.32 Å². The number of nitrogens with zero attached hydrogens (tertiary/aromatic N) is 2. The standard InChI is InChI=1S/C14H19N3S/c1-4-5-12-14(18-17-16-12)13(15-3)11-8-6-10(2)7-9-11/h6-9,13,15H,4-5H2,1-3H3. The molecule has 0 saturated heterocycles. The van der Waals surface area contributed by atoms with Gasteiger partial charge in [0, 0.05) is 0 Å². The molecule has 1 heterocycles. The summed E-state index contributed by atoms with van der Waals surface area (Å²) in [4.78, 5) is 1.24. The quantitative estimate of drug-likeness (QED) is 0.898. The number of hydrogen-bond acceptors (Lipinski definition) is 4. The van der Waals surface area contributed by atoms with Gasteiger partial charge in [0.05, 0.1) is 16.6 Å². The van der Waals surface area contributed by atoms with Gasteiger partial charge >= 0.3 is 0 Å². The van der Waals surface area contributed by atoms with Crippen molar-refractivity contribution in [2.24, 2.45) is 0 Å². The zero-order chi connectivity index (χ0) is 13.0. The van der Waals surface area contributed by atoms with Crippen LogP contribution in [0.25, 0.3) is 0 Å². The fourth-order valence-electron chi connectivity index (χ4n) is 2.05. The van der Waals surface area contributed by atoms with Crippen molar-refractivity contribution in [3.63, 3.8) is 0 Å². The van der Waals surface area contributed by atoms with Gasteiger partial charge in [-0.05, 0) is 37.5 Å². The average Bonchev–Trinajstić information content (AvgIpc) is 2.82. The molecule has 18 heavy (non-hydrogen) atoms. The first-order valence-electron chi connectivity index (χ1n) is 6.31. The Morgan fingerprint density at radius 1 is 1.28 bits per heavy atom. The van der Waals surface area contributed by atoms with E-state index in [2.05, 4.69) is 53.0 Å². The molecular weight excluding hydrogens is 242 g/mol. The first-order valence-corrected chi connectivity index (χ1v) is 7.08. The second kappa shape index (κ2) is 6.07. The van der Waals surface area contributed by atoms with E-state index in [1.54, 1.807) is 0 Å². The highest BCUT2D eigenvalue weighted by Gasteiger charge is 2.18. The van der Waals surface area contributed by atoms with E-state index >= 15 is 0 Å². The van der Waals surface area contributed by atoms with Gasteiger partial charge in [0.2, 0.25) is 0 Å². The van der Waals surface area contributed by atoms with Crippen molar-refractivity contribution in [3.05, 3.63) is 46.0 Å². The predicted octanol–water partition coefficient (Wildman–Crippen LogP) is 3.11. The van der Waals surface area contributed by atoms with Gasteiger partial charge in [0.15, 0.2) is 0 Å². The van der Waals surface area contributed by atoms with Crippen LogP contribution in [0.4, 0.5) is 0 Å². The van der Waals surface area contributed by atoms with Gasteiger partial charge in [0.25, 0.3) is 0 Å². The van der Waals surface area contributed by atoms with E-state index in [9.17, 15) is 0 Å². The van der Waals surface area contributed by atoms with Crippen molar-refractivity contribution in [3.8, 4) is 0 Å². The minimum atomic E-state index is 0.201. The molecule has 1 atom stereocenters. The first kappa shape index (κ1) is 13.2. The average molecular weight is 261 g/mol. The van der Waals surface area contributed by atoms with E-state index in [-0.39, 0.29) is 6.04 Å². The molecule has 0 spiro atoms. The van der Waals surface area contributed by atoms with Gasteiger partial charge in [0.1, 0.15) is 0 Å². The summed E-state index contributed by atoms with van der Waals surface area (Å²) < 4.78 is 4.10. The van der Waals surface area contributed by atoms with Crippen molar-refractivity contribution >= 4 is 11.5 Å². The highest BCUT2D eigenvalue weighted by atomic mass is 32.1. The van der Waals surface area contributed by atoms with Crippen LogP contribution in [0.1, 0.15) is 41.1 Å². The van der Waals surface area contributed by atoms with Crippen molar-refractivity contribution in [1.29, 1.82) is 0 Å². The number of hydrogen-bond donors (Lipinski definition) is 1. The van der Waals surface area contributed by atoms with Crippen LogP contribution in [0.3, 0.4) is 0 Å². The molecule has 0 bridgehead atoms. The van der Waals surface area contributed by atoms with E-state index in [0.717, 1.165) is 18.5 Å². The molecule has 0 radical (unpaired) electrons. The van der Waals surface area contributed by atoms with Gasteiger partial charge in [-0.1, -0.05) is 47.7 Å². The Morgan fingerprint density at radius 3 is 2.61 bits per heavy atom. The number of benzene rings is 1. The molecule has 1 N–H and O–H groups in total. The Bertz CT molecular complexity index is 490. The summed E-state index contributed by atoms with van der Waals surface area (Å²) in [6.07, 6.45) is 2.10. The van der Waals surface area contributed by atoms with E-state index < -0.39 is 0 Å². The molecular formula is C14H19N3S. The lowest BCUT2D eigenvalue weighted by Gasteiger charge is -2.16. The largest absolute Gasteiger partial charge is 0.309 e. The lowest BCUT2D eigenvalue weighted by atomic mass is 10.0. The Balaban J connectivity index is 2.32. The van der Waals surface area contributed by atoms with Crippen LogP contribution in [-0.2, 0) is 6.42 Å². The third-order valence-electron chi connectivity index (χ3n) is 3.03. The minimum absolute atomic E-state index is 0.201. The molecule has 0 amide bonds. The fourth-order valence-corrected chi connectivity index (χ4v) is 2.89. The summed E-state index contributed by atoms with van der Waals surface area (Å²) in [7, 11) is 1.99. The molecule has 4 heteroatoms. The normalized spacial score (nSPS) is 12.6. The maximum Gasteiger partial charge on any atom is 0.0807 e. The molecule has 0 fully saturated rings. The van der Waals surface area contributed by atoms with Crippen LogP contribution < -0.4 is 5.32 Å². The van der Waals surface area contributed by atoms with Crippen LogP contribution in [0.2, 0.25) is 0 Å². The zero-order valence-electron chi connectivity index (χ0n) is 11.1. The van der Waals surface area contributed by atoms with Crippen molar-refractivity contribution in [2.45, 2.75) is 32.7 Å². The number of nitrogens with one attached hydrogen (secondary N) is 1. The minimum Gasteiger partial charge on any atom is -0.309 e. The molecule has 0 saturated carbocycles. The third-order valence-corrected chi connectivity index (χ3v) is 3.86. The topological polar surface area (TPSA) is 37.8 Å². The predicted molar refractivity (Wildman–Crippen MR) is 76.0 cm³/mol. The Labute approximate surface area is 112 Å². The third kappa shape index (κ3) is 2.76. The number of aromatic nitrogens is 2. The summed E-state index contributed by atoms with van der Waals surface area (Å²) in [5, 5.41) is 7.62. The molecule has 2 aromatic rings. The SMILES string of the molecule is CCCc1nnsc1C(NC)c1ccc(C)cc1. The number of aryl methyl sites for hydroxylation is 2. The lowest BCUT2D eigenvalue weighted by molar-refractivity contribution is 0.688. The summed E-state index contributed by atoms with van der Waals surface area (Å²) in [5.41, 5.74) is 3.68. The molecule has 1 aromatic heterocycles. The summed E-state index contributed by atoms with van der Waals surface area (Å²) in [6.45, 7) is 4.28. The summed E-state index contributed by atoms with van der Waals surface area (Å²) in [5.74, 6) is 0. The van der Waals surface area contributed by atoms with E-state index in [0.29, 0.717) is 0 Å².